The Balaban J connectivity index is 1.71. The lowest BCUT2D eigenvalue weighted by atomic mass is 10.1. The molecule has 0 radical (unpaired) electrons. The first-order chi connectivity index (χ1) is 11.1. The van der Waals surface area contributed by atoms with E-state index in [0.717, 1.165) is 24.0 Å². The van der Waals surface area contributed by atoms with Crippen LogP contribution in [-0.2, 0) is 11.3 Å². The first kappa shape index (κ1) is 17.1. The molecule has 2 rings (SSSR count). The summed E-state index contributed by atoms with van der Waals surface area (Å²) in [6.07, 6.45) is 1.22. The van der Waals surface area contributed by atoms with Crippen LogP contribution in [0.5, 0.6) is 0 Å². The molecule has 126 valence electrons. The normalized spacial score (nSPS) is 15.1. The molecule has 6 heteroatoms. The lowest BCUT2D eigenvalue weighted by molar-refractivity contribution is 0.0957. The molecule has 1 aromatic carbocycles. The predicted octanol–water partition coefficient (Wildman–Crippen LogP) is 2.42. The summed E-state index contributed by atoms with van der Waals surface area (Å²) in [5.74, 6) is 0. The lowest BCUT2D eigenvalue weighted by Gasteiger charge is -2.31. The van der Waals surface area contributed by atoms with Gasteiger partial charge in [0, 0.05) is 25.7 Å². The maximum atomic E-state index is 12.0. The third-order valence-corrected chi connectivity index (χ3v) is 4.06. The number of piperidine rings is 1. The summed E-state index contributed by atoms with van der Waals surface area (Å²) in [6.45, 7) is 5.95. The molecule has 1 saturated heterocycles. The number of benzene rings is 1. The average molecular weight is 319 g/mol. The maximum absolute atomic E-state index is 12.0. The number of aryl methyl sites for hydroxylation is 1. The molecule has 0 saturated carbocycles. The van der Waals surface area contributed by atoms with Gasteiger partial charge in [0.2, 0.25) is 0 Å². The number of hydrogen-bond acceptors (Lipinski definition) is 3. The minimum absolute atomic E-state index is 0.0950. The van der Waals surface area contributed by atoms with Crippen molar-refractivity contribution in [3.8, 4) is 0 Å². The van der Waals surface area contributed by atoms with Crippen LogP contribution in [0.25, 0.3) is 0 Å². The van der Waals surface area contributed by atoms with Gasteiger partial charge < -0.3 is 20.3 Å². The molecule has 0 unspecified atom stereocenters. The molecule has 1 aliphatic rings. The molecule has 0 spiro atoms. The Morgan fingerprint density at radius 3 is 2.61 bits per heavy atom. The van der Waals surface area contributed by atoms with Crippen LogP contribution in [-0.4, -0.2) is 42.8 Å². The first-order valence-corrected chi connectivity index (χ1v) is 8.10. The number of nitrogens with one attached hydrogen (secondary N) is 2. The number of urea groups is 1. The summed E-state index contributed by atoms with van der Waals surface area (Å²) in [6, 6.07) is 7.91. The van der Waals surface area contributed by atoms with Gasteiger partial charge >= 0.3 is 12.1 Å². The van der Waals surface area contributed by atoms with E-state index >= 15 is 0 Å². The van der Waals surface area contributed by atoms with Gasteiger partial charge in [-0.2, -0.15) is 0 Å². The number of carbonyl (C=O) groups excluding carboxylic acids is 2. The standard InChI is InChI=1S/C17H25N3O3/c1-3-23-17(22)20-10-8-15(9-11-20)19-16(21)18-12-14-7-5-4-6-13(14)2/h4-7,15H,3,8-12H2,1-2H3,(H2,18,19,21). The summed E-state index contributed by atoms with van der Waals surface area (Å²) in [5.41, 5.74) is 2.27. The Morgan fingerprint density at radius 1 is 1.26 bits per heavy atom. The van der Waals surface area contributed by atoms with Crippen molar-refractivity contribution < 1.29 is 14.3 Å². The minimum Gasteiger partial charge on any atom is -0.450 e. The van der Waals surface area contributed by atoms with Crippen LogP contribution in [0, 0.1) is 6.92 Å². The molecule has 1 aliphatic heterocycles. The van der Waals surface area contributed by atoms with Crippen molar-refractivity contribution in [2.24, 2.45) is 0 Å². The number of amides is 3. The van der Waals surface area contributed by atoms with Crippen LogP contribution in [0.4, 0.5) is 9.59 Å². The molecule has 1 aromatic rings. The van der Waals surface area contributed by atoms with Gasteiger partial charge in [0.1, 0.15) is 0 Å². The van der Waals surface area contributed by atoms with Gasteiger partial charge in [-0.1, -0.05) is 24.3 Å². The zero-order chi connectivity index (χ0) is 16.7. The van der Waals surface area contributed by atoms with E-state index in [1.165, 1.54) is 0 Å². The Morgan fingerprint density at radius 2 is 1.96 bits per heavy atom. The van der Waals surface area contributed by atoms with Crippen molar-refractivity contribution in [1.82, 2.24) is 15.5 Å². The van der Waals surface area contributed by atoms with Crippen LogP contribution >= 0.6 is 0 Å². The van der Waals surface area contributed by atoms with Crippen LogP contribution in [0.15, 0.2) is 24.3 Å². The monoisotopic (exact) mass is 319 g/mol. The zero-order valence-corrected chi connectivity index (χ0v) is 13.8. The maximum Gasteiger partial charge on any atom is 0.409 e. The number of hydrogen-bond donors (Lipinski definition) is 2. The molecule has 0 aliphatic carbocycles. The Kier molecular flexibility index (Phi) is 6.26. The van der Waals surface area contributed by atoms with Gasteiger partial charge in [-0.3, -0.25) is 0 Å². The van der Waals surface area contributed by atoms with E-state index in [-0.39, 0.29) is 18.2 Å². The van der Waals surface area contributed by atoms with E-state index in [2.05, 4.69) is 10.6 Å². The largest absolute Gasteiger partial charge is 0.450 e. The molecule has 0 atom stereocenters. The van der Waals surface area contributed by atoms with Gasteiger partial charge in [0.25, 0.3) is 0 Å². The van der Waals surface area contributed by atoms with Crippen molar-refractivity contribution in [1.29, 1.82) is 0 Å². The van der Waals surface area contributed by atoms with E-state index in [9.17, 15) is 9.59 Å². The highest BCUT2D eigenvalue weighted by Crippen LogP contribution is 2.11. The van der Waals surface area contributed by atoms with Gasteiger partial charge in [-0.05, 0) is 37.8 Å². The molecule has 2 N–H and O–H groups in total. The van der Waals surface area contributed by atoms with E-state index < -0.39 is 0 Å². The van der Waals surface area contributed by atoms with Gasteiger partial charge in [0.05, 0.1) is 6.61 Å². The van der Waals surface area contributed by atoms with Crippen LogP contribution in [0.1, 0.15) is 30.9 Å². The number of carbonyl (C=O) groups is 2. The second-order valence-corrected chi connectivity index (χ2v) is 5.71. The molecular weight excluding hydrogens is 294 g/mol. The van der Waals surface area contributed by atoms with Crippen LogP contribution < -0.4 is 10.6 Å². The Hall–Kier alpha value is -2.24. The van der Waals surface area contributed by atoms with Gasteiger partial charge in [0.15, 0.2) is 0 Å². The summed E-state index contributed by atoms with van der Waals surface area (Å²) < 4.78 is 4.98. The fourth-order valence-corrected chi connectivity index (χ4v) is 2.64. The number of nitrogens with zero attached hydrogens (tertiary/aromatic N) is 1. The quantitative estimate of drug-likeness (QED) is 0.895. The molecule has 0 aromatic heterocycles. The van der Waals surface area contributed by atoms with Crippen LogP contribution in [0.2, 0.25) is 0 Å². The molecule has 1 fully saturated rings. The summed E-state index contributed by atoms with van der Waals surface area (Å²) >= 11 is 0. The van der Waals surface area contributed by atoms with Crippen LogP contribution in [0.3, 0.4) is 0 Å². The molecular formula is C17H25N3O3. The molecule has 1 heterocycles. The van der Waals surface area contributed by atoms with Crippen molar-refractivity contribution in [3.63, 3.8) is 0 Å². The van der Waals surface area contributed by atoms with Crippen molar-refractivity contribution >= 4 is 12.1 Å². The second kappa shape index (κ2) is 8.41. The lowest BCUT2D eigenvalue weighted by Crippen LogP contribution is -2.49. The van der Waals surface area contributed by atoms with Crippen molar-refractivity contribution in [2.75, 3.05) is 19.7 Å². The highest BCUT2D eigenvalue weighted by Gasteiger charge is 2.24. The topological polar surface area (TPSA) is 70.7 Å². The van der Waals surface area contributed by atoms with Gasteiger partial charge in [-0.15, -0.1) is 0 Å². The van der Waals surface area contributed by atoms with Crippen molar-refractivity contribution in [2.45, 2.75) is 39.3 Å². The van der Waals surface area contributed by atoms with E-state index in [4.69, 9.17) is 4.74 Å². The molecule has 6 nitrogen and oxygen atoms in total. The van der Waals surface area contributed by atoms with Gasteiger partial charge in [-0.25, -0.2) is 9.59 Å². The number of rotatable bonds is 4. The fourth-order valence-electron chi connectivity index (χ4n) is 2.64. The first-order valence-electron chi connectivity index (χ1n) is 8.10. The molecule has 3 amide bonds. The predicted molar refractivity (Wildman–Crippen MR) is 88.2 cm³/mol. The number of ether oxygens (including phenoxy) is 1. The second-order valence-electron chi connectivity index (χ2n) is 5.71. The molecule has 0 bridgehead atoms. The average Bonchev–Trinajstić information content (AvgIpc) is 2.55. The third kappa shape index (κ3) is 5.16. The highest BCUT2D eigenvalue weighted by atomic mass is 16.6. The van der Waals surface area contributed by atoms with E-state index in [1.54, 1.807) is 11.8 Å². The Bertz CT molecular complexity index is 540. The number of likely N-dealkylation sites (tertiary alicyclic amines) is 1. The molecule has 23 heavy (non-hydrogen) atoms. The summed E-state index contributed by atoms with van der Waals surface area (Å²) in [7, 11) is 0. The van der Waals surface area contributed by atoms with E-state index in [0.29, 0.717) is 26.2 Å². The van der Waals surface area contributed by atoms with Crippen molar-refractivity contribution in [3.05, 3.63) is 35.4 Å². The highest BCUT2D eigenvalue weighted by molar-refractivity contribution is 5.74. The smallest absolute Gasteiger partial charge is 0.409 e. The Labute approximate surface area is 137 Å². The zero-order valence-electron chi connectivity index (χ0n) is 13.8. The minimum atomic E-state index is -0.269. The van der Waals surface area contributed by atoms with E-state index in [1.807, 2.05) is 31.2 Å². The summed E-state index contributed by atoms with van der Waals surface area (Å²) in [5, 5.41) is 5.86. The summed E-state index contributed by atoms with van der Waals surface area (Å²) in [4.78, 5) is 25.3. The fraction of sp³-hybridized carbons (Fsp3) is 0.529. The third-order valence-electron chi connectivity index (χ3n) is 4.06. The SMILES string of the molecule is CCOC(=O)N1CCC(NC(=O)NCc2ccccc2C)CC1.